The minimum atomic E-state index is -0.598. The van der Waals surface area contributed by atoms with Crippen LogP contribution < -0.4 is 5.32 Å². The van der Waals surface area contributed by atoms with Crippen molar-refractivity contribution in [2.45, 2.75) is 64.2 Å². The molecule has 228 valence electrons. The van der Waals surface area contributed by atoms with E-state index in [1.807, 2.05) is 50.1 Å². The van der Waals surface area contributed by atoms with Crippen molar-refractivity contribution in [3.05, 3.63) is 86.9 Å². The first-order valence-corrected chi connectivity index (χ1v) is 16.4. The standard InChI is InChI=1S/C33H40BrClN6O2/c1-33(2,3)37-32(43)41-15-14-39(21-28(41)31(42)40-13-10-22(20-40)19-38-11-4-5-12-38)30-27-9-8-26(35)17-23(27)6-7-24-16-25(34)18-36-29(24)30/h4-5,8-9,11-12,16-18,22,28,30H,6-7,10,13-15,19-21H2,1-3H3,(H,37,43)/t22-,28+,30?/m0/s1. The summed E-state index contributed by atoms with van der Waals surface area (Å²) in [6, 6.07) is 11.4. The first kappa shape index (κ1) is 30.2. The maximum Gasteiger partial charge on any atom is 0.318 e. The number of nitrogens with one attached hydrogen (secondary N) is 1. The van der Waals surface area contributed by atoms with E-state index in [4.69, 9.17) is 16.6 Å². The lowest BCUT2D eigenvalue weighted by atomic mass is 9.95. The predicted molar refractivity (Wildman–Crippen MR) is 172 cm³/mol. The predicted octanol–water partition coefficient (Wildman–Crippen LogP) is 5.53. The van der Waals surface area contributed by atoms with Gasteiger partial charge in [-0.3, -0.25) is 14.7 Å². The van der Waals surface area contributed by atoms with E-state index < -0.39 is 11.6 Å². The Morgan fingerprint density at radius 2 is 1.81 bits per heavy atom. The summed E-state index contributed by atoms with van der Waals surface area (Å²) in [6.45, 7) is 9.71. The van der Waals surface area contributed by atoms with E-state index in [1.54, 1.807) is 4.90 Å². The minimum absolute atomic E-state index is 0.0257. The van der Waals surface area contributed by atoms with Crippen molar-refractivity contribution in [1.82, 2.24) is 29.6 Å². The Balaban J connectivity index is 1.31. The molecule has 0 bridgehead atoms. The monoisotopic (exact) mass is 666 g/mol. The number of benzene rings is 1. The van der Waals surface area contributed by atoms with Crippen LogP contribution in [-0.4, -0.2) is 80.5 Å². The molecule has 0 radical (unpaired) electrons. The van der Waals surface area contributed by atoms with E-state index >= 15 is 0 Å². The second kappa shape index (κ2) is 12.3. The largest absolute Gasteiger partial charge is 0.354 e. The molecule has 4 heterocycles. The highest BCUT2D eigenvalue weighted by atomic mass is 79.9. The highest BCUT2D eigenvalue weighted by Crippen LogP contribution is 2.39. The van der Waals surface area contributed by atoms with Gasteiger partial charge in [-0.05, 0) is 109 Å². The van der Waals surface area contributed by atoms with Crippen LogP contribution in [0.15, 0.2) is 59.5 Å². The van der Waals surface area contributed by atoms with E-state index in [2.05, 4.69) is 61.3 Å². The van der Waals surface area contributed by atoms with Crippen molar-refractivity contribution in [2.24, 2.45) is 5.92 Å². The number of aryl methyl sites for hydroxylation is 2. The van der Waals surface area contributed by atoms with Gasteiger partial charge >= 0.3 is 6.03 Å². The molecule has 3 atom stereocenters. The Labute approximate surface area is 267 Å². The molecule has 1 aromatic carbocycles. The molecule has 8 nitrogen and oxygen atoms in total. The Morgan fingerprint density at radius 1 is 1.05 bits per heavy atom. The molecule has 2 aliphatic heterocycles. The zero-order valence-electron chi connectivity index (χ0n) is 25.1. The van der Waals surface area contributed by atoms with Crippen molar-refractivity contribution < 1.29 is 9.59 Å². The fraction of sp³-hybridized carbons (Fsp3) is 0.485. The molecule has 1 aliphatic carbocycles. The number of urea groups is 1. The van der Waals surface area contributed by atoms with E-state index in [-0.39, 0.29) is 18.0 Å². The molecule has 3 amide bonds. The molecule has 6 rings (SSSR count). The molecule has 1 unspecified atom stereocenters. The van der Waals surface area contributed by atoms with Gasteiger partial charge in [-0.15, -0.1) is 0 Å². The van der Waals surface area contributed by atoms with Crippen molar-refractivity contribution in [3.8, 4) is 0 Å². The first-order valence-electron chi connectivity index (χ1n) is 15.2. The van der Waals surface area contributed by atoms with Crippen molar-refractivity contribution in [1.29, 1.82) is 0 Å². The molecule has 2 fully saturated rings. The number of amides is 3. The van der Waals surface area contributed by atoms with Crippen molar-refractivity contribution in [2.75, 3.05) is 32.7 Å². The third-order valence-corrected chi connectivity index (χ3v) is 9.50. The third kappa shape index (κ3) is 6.64. The lowest BCUT2D eigenvalue weighted by molar-refractivity contribution is -0.137. The SMILES string of the molecule is CC(C)(C)NC(=O)N1CCN(C2c3ccc(Cl)cc3CCc3cc(Br)cnc32)C[C@@H]1C(=O)N1CC[C@@H](Cn2cccc2)C1. The van der Waals surface area contributed by atoms with Gasteiger partial charge in [0.25, 0.3) is 0 Å². The molecular formula is C33H40BrClN6O2. The maximum absolute atomic E-state index is 14.3. The number of piperazine rings is 1. The topological polar surface area (TPSA) is 73.7 Å². The van der Waals surface area contributed by atoms with Gasteiger partial charge < -0.3 is 19.7 Å². The van der Waals surface area contributed by atoms with Gasteiger partial charge in [-0.2, -0.15) is 0 Å². The fourth-order valence-corrected chi connectivity index (χ4v) is 7.42. The number of carbonyl (C=O) groups is 2. The van der Waals surface area contributed by atoms with Crippen LogP contribution in [0.1, 0.15) is 55.6 Å². The fourth-order valence-electron chi connectivity index (χ4n) is 6.85. The number of fused-ring (bicyclic) bond motifs is 2. The number of rotatable bonds is 4. The van der Waals surface area contributed by atoms with Gasteiger partial charge in [0.15, 0.2) is 0 Å². The smallest absolute Gasteiger partial charge is 0.318 e. The molecule has 2 aromatic heterocycles. The third-order valence-electron chi connectivity index (χ3n) is 8.83. The van der Waals surface area contributed by atoms with Crippen LogP contribution in [-0.2, 0) is 24.2 Å². The summed E-state index contributed by atoms with van der Waals surface area (Å²) in [7, 11) is 0. The summed E-state index contributed by atoms with van der Waals surface area (Å²) in [5.41, 5.74) is 4.16. The number of nitrogens with zero attached hydrogens (tertiary/aromatic N) is 5. The molecule has 0 spiro atoms. The zero-order chi connectivity index (χ0) is 30.3. The lowest BCUT2D eigenvalue weighted by Gasteiger charge is -2.45. The number of aromatic nitrogens is 2. The highest BCUT2D eigenvalue weighted by Gasteiger charge is 2.43. The molecule has 0 saturated carbocycles. The number of carbonyl (C=O) groups excluding carboxylic acids is 2. The molecule has 3 aliphatic rings. The van der Waals surface area contributed by atoms with Crippen LogP contribution in [0, 0.1) is 5.92 Å². The first-order chi connectivity index (χ1) is 20.6. The lowest BCUT2D eigenvalue weighted by Crippen LogP contribution is -2.64. The summed E-state index contributed by atoms with van der Waals surface area (Å²) < 4.78 is 3.14. The molecule has 10 heteroatoms. The Morgan fingerprint density at radius 3 is 2.58 bits per heavy atom. The number of hydrogen-bond donors (Lipinski definition) is 1. The van der Waals surface area contributed by atoms with E-state index in [0.29, 0.717) is 38.6 Å². The Bertz CT molecular complexity index is 1440. The second-order valence-corrected chi connectivity index (χ2v) is 14.5. The average Bonchev–Trinajstić information content (AvgIpc) is 3.62. The quantitative estimate of drug-likeness (QED) is 0.397. The second-order valence-electron chi connectivity index (χ2n) is 13.1. The van der Waals surface area contributed by atoms with Crippen molar-refractivity contribution >= 4 is 39.5 Å². The average molecular weight is 668 g/mol. The maximum atomic E-state index is 14.3. The minimum Gasteiger partial charge on any atom is -0.354 e. The summed E-state index contributed by atoms with van der Waals surface area (Å²) >= 11 is 10.1. The normalized spacial score (nSPS) is 22.6. The van der Waals surface area contributed by atoms with Crippen LogP contribution in [0.2, 0.25) is 5.02 Å². The number of hydrogen-bond acceptors (Lipinski definition) is 4. The molecular weight excluding hydrogens is 628 g/mol. The van der Waals surface area contributed by atoms with Gasteiger partial charge in [0, 0.05) is 72.9 Å². The van der Waals surface area contributed by atoms with E-state index in [1.165, 1.54) is 16.7 Å². The van der Waals surface area contributed by atoms with Crippen LogP contribution in [0.25, 0.3) is 0 Å². The molecule has 2 saturated heterocycles. The Kier molecular flexibility index (Phi) is 8.59. The number of halogens is 2. The van der Waals surface area contributed by atoms with Gasteiger partial charge in [-0.1, -0.05) is 17.7 Å². The van der Waals surface area contributed by atoms with Crippen molar-refractivity contribution in [3.63, 3.8) is 0 Å². The van der Waals surface area contributed by atoms with Crippen LogP contribution in [0.3, 0.4) is 0 Å². The summed E-state index contributed by atoms with van der Waals surface area (Å²) in [6.07, 6.45) is 8.69. The highest BCUT2D eigenvalue weighted by molar-refractivity contribution is 9.10. The number of likely N-dealkylation sites (tertiary alicyclic amines) is 1. The molecule has 3 aromatic rings. The summed E-state index contributed by atoms with van der Waals surface area (Å²) in [4.78, 5) is 39.0. The van der Waals surface area contributed by atoms with Crippen LogP contribution in [0.4, 0.5) is 4.79 Å². The van der Waals surface area contributed by atoms with Crippen LogP contribution >= 0.6 is 27.5 Å². The van der Waals surface area contributed by atoms with Gasteiger partial charge in [-0.25, -0.2) is 4.79 Å². The van der Waals surface area contributed by atoms with Crippen LogP contribution in [0.5, 0.6) is 0 Å². The molecule has 43 heavy (non-hydrogen) atoms. The summed E-state index contributed by atoms with van der Waals surface area (Å²) in [5, 5.41) is 3.83. The Hall–Kier alpha value is -2.88. The van der Waals surface area contributed by atoms with E-state index in [9.17, 15) is 9.59 Å². The zero-order valence-corrected chi connectivity index (χ0v) is 27.4. The van der Waals surface area contributed by atoms with Gasteiger partial charge in [0.05, 0.1) is 11.7 Å². The number of pyridine rings is 1. The molecule has 1 N–H and O–H groups in total. The van der Waals surface area contributed by atoms with Gasteiger partial charge in [0.2, 0.25) is 5.91 Å². The summed E-state index contributed by atoms with van der Waals surface area (Å²) in [5.74, 6) is 0.415. The van der Waals surface area contributed by atoms with Gasteiger partial charge in [0.1, 0.15) is 6.04 Å². The van der Waals surface area contributed by atoms with E-state index in [0.717, 1.165) is 41.0 Å².